The van der Waals surface area contributed by atoms with Crippen molar-refractivity contribution in [2.75, 3.05) is 13.7 Å². The van der Waals surface area contributed by atoms with Crippen LogP contribution < -0.4 is 10.2 Å². The minimum absolute atomic E-state index is 0.212. The number of benzene rings is 1. The maximum Gasteiger partial charge on any atom is 0.200 e. The molecule has 1 saturated carbocycles. The maximum absolute atomic E-state index is 13.0. The number of azide groups is 1. The zero-order chi connectivity index (χ0) is 22.4. The Morgan fingerprint density at radius 1 is 1.34 bits per heavy atom. The molecule has 1 fully saturated rings. The van der Waals surface area contributed by atoms with Gasteiger partial charge in [-0.25, -0.2) is 0 Å². The number of aromatic nitrogens is 1. The van der Waals surface area contributed by atoms with Crippen LogP contribution in [0.15, 0.2) is 34.3 Å². The van der Waals surface area contributed by atoms with E-state index in [0.717, 1.165) is 48.1 Å². The van der Waals surface area contributed by atoms with Gasteiger partial charge in [-0.15, -0.1) is 11.3 Å². The number of methoxy groups -OCH3 is 1. The molecule has 5 rings (SSSR count). The van der Waals surface area contributed by atoms with Gasteiger partial charge in [0.25, 0.3) is 0 Å². The topological polar surface area (TPSA) is 97.1 Å². The summed E-state index contributed by atoms with van der Waals surface area (Å²) in [4.78, 5) is 30.5. The summed E-state index contributed by atoms with van der Waals surface area (Å²) in [5.74, 6) is 0.853. The quantitative estimate of drug-likeness (QED) is 0.210. The number of carbonyl (C=O) groups is 1. The molecule has 0 saturated heterocycles. The second-order valence-electron chi connectivity index (χ2n) is 8.69. The van der Waals surface area contributed by atoms with Gasteiger partial charge in [0.1, 0.15) is 0 Å². The summed E-state index contributed by atoms with van der Waals surface area (Å²) < 4.78 is 7.97. The predicted molar refractivity (Wildman–Crippen MR) is 126 cm³/mol. The second kappa shape index (κ2) is 8.11. The molecule has 0 aliphatic heterocycles. The number of nitrogens with zero attached hydrogens (tertiary/aromatic N) is 4. The number of ketones is 1. The molecule has 0 radical (unpaired) electrons. The zero-order valence-corrected chi connectivity index (χ0v) is 18.9. The lowest BCUT2D eigenvalue weighted by Gasteiger charge is -2.19. The average molecular weight is 449 g/mol. The van der Waals surface area contributed by atoms with E-state index in [0.29, 0.717) is 29.6 Å². The molecule has 164 valence electrons. The lowest BCUT2D eigenvalue weighted by atomic mass is 9.88. The Hall–Kier alpha value is -3.09. The number of carbonyl (C=O) groups excluding carboxylic acids is 1. The van der Waals surface area contributed by atoms with Gasteiger partial charge in [-0.3, -0.25) is 9.59 Å². The number of hydrogen-bond acceptors (Lipinski definition) is 5. The first-order chi connectivity index (χ1) is 15.5. The van der Waals surface area contributed by atoms with Crippen LogP contribution in [-0.4, -0.2) is 24.0 Å². The first-order valence-corrected chi connectivity index (χ1v) is 11.7. The number of hydrogen-bond donors (Lipinski definition) is 0. The van der Waals surface area contributed by atoms with Gasteiger partial charge >= 0.3 is 0 Å². The minimum atomic E-state index is -0.236. The number of ether oxygens (including phenoxy) is 1. The normalized spacial score (nSPS) is 17.6. The summed E-state index contributed by atoms with van der Waals surface area (Å²) in [6.07, 6.45) is 6.70. The molecule has 1 aromatic carbocycles. The van der Waals surface area contributed by atoms with Gasteiger partial charge in [-0.1, -0.05) is 5.11 Å². The first-order valence-electron chi connectivity index (χ1n) is 10.9. The molecule has 0 N–H and O–H groups in total. The van der Waals surface area contributed by atoms with Crippen LogP contribution in [0.5, 0.6) is 5.75 Å². The van der Waals surface area contributed by atoms with Gasteiger partial charge in [0.05, 0.1) is 23.6 Å². The molecule has 7 nitrogen and oxygen atoms in total. The van der Waals surface area contributed by atoms with Gasteiger partial charge in [0, 0.05) is 39.0 Å². The number of thiophene rings is 1. The largest absolute Gasteiger partial charge is 0.494 e. The van der Waals surface area contributed by atoms with Crippen LogP contribution in [0.4, 0.5) is 0 Å². The highest BCUT2D eigenvalue weighted by atomic mass is 32.1. The van der Waals surface area contributed by atoms with Crippen molar-refractivity contribution < 1.29 is 9.53 Å². The number of rotatable bonds is 6. The fourth-order valence-electron chi connectivity index (χ4n) is 4.75. The van der Waals surface area contributed by atoms with E-state index in [1.54, 1.807) is 24.6 Å². The molecule has 2 aromatic heterocycles. The van der Waals surface area contributed by atoms with E-state index in [-0.39, 0.29) is 16.8 Å². The smallest absolute Gasteiger partial charge is 0.200 e. The van der Waals surface area contributed by atoms with E-state index in [9.17, 15) is 9.59 Å². The molecule has 32 heavy (non-hydrogen) atoms. The second-order valence-corrected chi connectivity index (χ2v) is 9.83. The van der Waals surface area contributed by atoms with Crippen molar-refractivity contribution in [1.82, 2.24) is 4.57 Å². The standard InChI is InChI=1S/C24H24N4O3S/c1-13(29)19-12-28(16-4-5-16)22-18(23(19)30)7-6-17(24(22)31-2)21-10-15-9-14(11-26-27-25)3-8-20(15)32-21/h6-7,10,12,14,16H,3-5,8-9,11H2,1-2H3. The molecule has 8 heteroatoms. The van der Waals surface area contributed by atoms with Crippen molar-refractivity contribution in [3.63, 3.8) is 0 Å². The highest BCUT2D eigenvalue weighted by molar-refractivity contribution is 7.15. The summed E-state index contributed by atoms with van der Waals surface area (Å²) >= 11 is 1.77. The van der Waals surface area contributed by atoms with Crippen molar-refractivity contribution in [3.05, 3.63) is 61.1 Å². The Morgan fingerprint density at radius 2 is 2.16 bits per heavy atom. The highest BCUT2D eigenvalue weighted by Crippen LogP contribution is 2.45. The van der Waals surface area contributed by atoms with Crippen molar-refractivity contribution in [1.29, 1.82) is 0 Å². The maximum atomic E-state index is 13.0. The summed E-state index contributed by atoms with van der Waals surface area (Å²) in [7, 11) is 1.64. The van der Waals surface area contributed by atoms with Crippen LogP contribution in [0.1, 0.15) is 53.0 Å². The van der Waals surface area contributed by atoms with Gasteiger partial charge in [0.2, 0.25) is 0 Å². The van der Waals surface area contributed by atoms with Crippen LogP contribution in [-0.2, 0) is 12.8 Å². The van der Waals surface area contributed by atoms with Crippen molar-refractivity contribution >= 4 is 28.0 Å². The van der Waals surface area contributed by atoms with Crippen molar-refractivity contribution in [2.24, 2.45) is 11.0 Å². The summed E-state index contributed by atoms with van der Waals surface area (Å²) in [5.41, 5.74) is 11.7. The van der Waals surface area contributed by atoms with Gasteiger partial charge in [-0.2, -0.15) is 0 Å². The van der Waals surface area contributed by atoms with Gasteiger partial charge in [-0.05, 0) is 74.2 Å². The number of Topliss-reactive ketones (excluding diaryl/α,β-unsaturated/α-hetero) is 1. The SMILES string of the molecule is COc1c(-c2cc3c(s2)CCC(CN=[N+]=[N-])C3)ccc2c(=O)c(C(C)=O)cn(C3CC3)c12. The van der Waals surface area contributed by atoms with E-state index in [1.807, 2.05) is 12.1 Å². The third-order valence-corrected chi connectivity index (χ3v) is 7.79. The molecule has 2 heterocycles. The fraction of sp³-hybridized carbons (Fsp3) is 0.417. The van der Waals surface area contributed by atoms with Crippen LogP contribution in [0.2, 0.25) is 0 Å². The molecule has 0 amide bonds. The van der Waals surface area contributed by atoms with Crippen LogP contribution in [0, 0.1) is 5.92 Å². The lowest BCUT2D eigenvalue weighted by Crippen LogP contribution is -2.18. The van der Waals surface area contributed by atoms with Crippen molar-refractivity contribution in [2.45, 2.75) is 45.1 Å². The van der Waals surface area contributed by atoms with Gasteiger partial charge < -0.3 is 9.30 Å². The molecule has 0 spiro atoms. The Balaban J connectivity index is 1.65. The average Bonchev–Trinajstić information content (AvgIpc) is 3.55. The van der Waals surface area contributed by atoms with Gasteiger partial charge in [0.15, 0.2) is 17.0 Å². The monoisotopic (exact) mass is 448 g/mol. The number of fused-ring (bicyclic) bond motifs is 2. The van der Waals surface area contributed by atoms with E-state index in [4.69, 9.17) is 10.3 Å². The molecule has 3 aromatic rings. The van der Waals surface area contributed by atoms with Crippen molar-refractivity contribution in [3.8, 4) is 16.2 Å². The predicted octanol–water partition coefficient (Wildman–Crippen LogP) is 5.69. The first kappa shape index (κ1) is 20.8. The van der Waals surface area contributed by atoms with Crippen LogP contribution in [0.25, 0.3) is 31.8 Å². The van der Waals surface area contributed by atoms with E-state index >= 15 is 0 Å². The molecule has 2 aliphatic carbocycles. The number of pyridine rings is 1. The molecule has 1 unspecified atom stereocenters. The summed E-state index contributed by atoms with van der Waals surface area (Å²) in [6.45, 7) is 1.98. The lowest BCUT2D eigenvalue weighted by molar-refractivity contribution is 0.101. The Labute approximate surface area is 189 Å². The fourth-order valence-corrected chi connectivity index (χ4v) is 5.98. The van der Waals surface area contributed by atoms with E-state index in [1.165, 1.54) is 17.4 Å². The Bertz CT molecular complexity index is 1350. The molecule has 1 atom stereocenters. The van der Waals surface area contributed by atoms with Crippen LogP contribution >= 0.6 is 11.3 Å². The third kappa shape index (κ3) is 3.49. The Kier molecular flexibility index (Phi) is 5.27. The zero-order valence-electron chi connectivity index (χ0n) is 18.1. The third-order valence-electron chi connectivity index (χ3n) is 6.52. The minimum Gasteiger partial charge on any atom is -0.494 e. The van der Waals surface area contributed by atoms with Crippen LogP contribution in [0.3, 0.4) is 0 Å². The van der Waals surface area contributed by atoms with E-state index in [2.05, 4.69) is 20.7 Å². The molecular weight excluding hydrogens is 424 g/mol. The summed E-state index contributed by atoms with van der Waals surface area (Å²) in [6, 6.07) is 6.29. The van der Waals surface area contributed by atoms with E-state index < -0.39 is 0 Å². The highest BCUT2D eigenvalue weighted by Gasteiger charge is 2.29. The molecular formula is C24H24N4O3S. The Morgan fingerprint density at radius 3 is 2.84 bits per heavy atom. The molecule has 0 bridgehead atoms. The summed E-state index contributed by atoms with van der Waals surface area (Å²) in [5, 5.41) is 4.29. The number of aryl methyl sites for hydroxylation is 1. The molecule has 2 aliphatic rings.